The maximum atomic E-state index is 13.0. The van der Waals surface area contributed by atoms with Gasteiger partial charge in [0.15, 0.2) is 0 Å². The summed E-state index contributed by atoms with van der Waals surface area (Å²) in [5, 5.41) is 0. The number of benzene rings is 2. The van der Waals surface area contributed by atoms with Gasteiger partial charge in [0.2, 0.25) is 0 Å². The highest BCUT2D eigenvalue weighted by molar-refractivity contribution is 7.69. The molecule has 22 heavy (non-hydrogen) atoms. The second-order valence-corrected chi connectivity index (χ2v) is 7.80. The van der Waals surface area contributed by atoms with Crippen molar-refractivity contribution in [3.63, 3.8) is 0 Å². The van der Waals surface area contributed by atoms with E-state index in [1.807, 2.05) is 0 Å². The summed E-state index contributed by atoms with van der Waals surface area (Å²) in [7, 11) is -2.69. The summed E-state index contributed by atoms with van der Waals surface area (Å²) in [5.41, 5.74) is 1.27. The van der Waals surface area contributed by atoms with Crippen LogP contribution in [0.1, 0.15) is 11.1 Å². The van der Waals surface area contributed by atoms with Crippen LogP contribution in [0, 0.1) is 11.6 Å². The van der Waals surface area contributed by atoms with Crippen molar-refractivity contribution < 1.29 is 18.1 Å². The van der Waals surface area contributed by atoms with Crippen LogP contribution >= 0.6 is 7.14 Å². The standard InChI is InChI=1S/C17H13F2O2P/c1-22(20)10-16(12-2-6-14(18)7-3-12)21-17(11-22)13-4-8-15(19)9-5-13/h2-11H,1H3. The summed E-state index contributed by atoms with van der Waals surface area (Å²) < 4.78 is 44.4. The summed E-state index contributed by atoms with van der Waals surface area (Å²) >= 11 is 0. The molecule has 2 nitrogen and oxygen atoms in total. The summed E-state index contributed by atoms with van der Waals surface area (Å²) in [6.07, 6.45) is 0. The number of rotatable bonds is 2. The minimum atomic E-state index is -2.69. The Balaban J connectivity index is 1.98. The highest BCUT2D eigenvalue weighted by Gasteiger charge is 2.22. The van der Waals surface area contributed by atoms with Gasteiger partial charge in [-0.2, -0.15) is 0 Å². The second kappa shape index (κ2) is 5.54. The Morgan fingerprint density at radius 1 is 0.773 bits per heavy atom. The van der Waals surface area contributed by atoms with Crippen molar-refractivity contribution >= 4 is 18.7 Å². The van der Waals surface area contributed by atoms with E-state index in [4.69, 9.17) is 4.74 Å². The fraction of sp³-hybridized carbons (Fsp3) is 0.0588. The van der Waals surface area contributed by atoms with Gasteiger partial charge in [0, 0.05) is 22.8 Å². The summed E-state index contributed by atoms with van der Waals surface area (Å²) in [4.78, 5) is 0. The molecule has 0 aliphatic carbocycles. The van der Waals surface area contributed by atoms with Crippen LogP contribution in [0.2, 0.25) is 0 Å². The summed E-state index contributed by atoms with van der Waals surface area (Å²) in [6.45, 7) is 1.61. The molecule has 0 saturated carbocycles. The fourth-order valence-corrected chi connectivity index (χ4v) is 3.58. The van der Waals surface area contributed by atoms with E-state index in [0.717, 1.165) is 0 Å². The third kappa shape index (κ3) is 3.18. The molecule has 1 heterocycles. The van der Waals surface area contributed by atoms with Crippen molar-refractivity contribution in [2.45, 2.75) is 0 Å². The van der Waals surface area contributed by atoms with Gasteiger partial charge in [-0.15, -0.1) is 0 Å². The molecule has 1 aliphatic heterocycles. The molecule has 112 valence electrons. The van der Waals surface area contributed by atoms with E-state index in [9.17, 15) is 13.3 Å². The number of hydrogen-bond acceptors (Lipinski definition) is 2. The van der Waals surface area contributed by atoms with E-state index < -0.39 is 7.14 Å². The average Bonchev–Trinajstić information content (AvgIpc) is 2.47. The lowest BCUT2D eigenvalue weighted by Gasteiger charge is -2.20. The molecule has 0 aromatic heterocycles. The zero-order chi connectivity index (χ0) is 15.7. The normalized spacial score (nSPS) is 16.5. The molecule has 0 bridgehead atoms. The third-order valence-electron chi connectivity index (χ3n) is 3.22. The van der Waals surface area contributed by atoms with E-state index in [2.05, 4.69) is 0 Å². The lowest BCUT2D eigenvalue weighted by molar-refractivity contribution is 0.468. The van der Waals surface area contributed by atoms with Gasteiger partial charge < -0.3 is 9.30 Å². The minimum Gasteiger partial charge on any atom is -0.456 e. The predicted octanol–water partition coefficient (Wildman–Crippen LogP) is 5.28. The van der Waals surface area contributed by atoms with Gasteiger partial charge >= 0.3 is 0 Å². The predicted molar refractivity (Wildman–Crippen MR) is 83.4 cm³/mol. The van der Waals surface area contributed by atoms with Crippen molar-refractivity contribution in [2.75, 3.05) is 6.66 Å². The van der Waals surface area contributed by atoms with Crippen molar-refractivity contribution in [3.05, 3.63) is 82.9 Å². The van der Waals surface area contributed by atoms with Crippen molar-refractivity contribution in [3.8, 4) is 0 Å². The van der Waals surface area contributed by atoms with E-state index in [1.165, 1.54) is 24.3 Å². The molecule has 0 spiro atoms. The smallest absolute Gasteiger partial charge is 0.138 e. The second-order valence-electron chi connectivity index (χ2n) is 5.16. The van der Waals surface area contributed by atoms with Gasteiger partial charge in [0.25, 0.3) is 0 Å². The van der Waals surface area contributed by atoms with Gasteiger partial charge in [0.05, 0.1) is 0 Å². The number of halogens is 2. The molecular formula is C17H13F2O2P. The molecule has 0 atom stereocenters. The van der Waals surface area contributed by atoms with E-state index in [1.54, 1.807) is 42.6 Å². The largest absolute Gasteiger partial charge is 0.456 e. The molecule has 2 aromatic rings. The number of ether oxygens (including phenoxy) is 1. The monoisotopic (exact) mass is 318 g/mol. The van der Waals surface area contributed by atoms with E-state index >= 15 is 0 Å². The third-order valence-corrected chi connectivity index (χ3v) is 4.72. The first-order valence-corrected chi connectivity index (χ1v) is 8.94. The molecule has 0 amide bonds. The summed E-state index contributed by atoms with van der Waals surface area (Å²) in [6, 6.07) is 11.5. The first-order valence-electron chi connectivity index (χ1n) is 6.65. The van der Waals surface area contributed by atoms with Crippen molar-refractivity contribution in [1.82, 2.24) is 0 Å². The highest BCUT2D eigenvalue weighted by atomic mass is 31.2. The molecule has 5 heteroatoms. The van der Waals surface area contributed by atoms with E-state index in [-0.39, 0.29) is 11.6 Å². The first kappa shape index (κ1) is 14.7. The lowest BCUT2D eigenvalue weighted by Crippen LogP contribution is -1.98. The quantitative estimate of drug-likeness (QED) is 0.704. The van der Waals surface area contributed by atoms with Crippen LogP contribution in [0.4, 0.5) is 8.78 Å². The SMILES string of the molecule is CP1(=O)C=C(c2ccc(F)cc2)OC(c2ccc(F)cc2)=C1. The van der Waals surface area contributed by atoms with Crippen LogP contribution in [0.15, 0.2) is 60.2 Å². The lowest BCUT2D eigenvalue weighted by atomic mass is 10.1. The van der Waals surface area contributed by atoms with Crippen LogP contribution in [0.5, 0.6) is 0 Å². The molecule has 0 radical (unpaired) electrons. The van der Waals surface area contributed by atoms with Crippen LogP contribution < -0.4 is 0 Å². The molecule has 0 saturated heterocycles. The van der Waals surface area contributed by atoms with Crippen LogP contribution in [-0.2, 0) is 9.30 Å². The Hall–Kier alpha value is -2.19. The fourth-order valence-electron chi connectivity index (χ4n) is 2.17. The first-order chi connectivity index (χ1) is 10.4. The molecular weight excluding hydrogens is 305 g/mol. The van der Waals surface area contributed by atoms with Gasteiger partial charge in [-0.05, 0) is 55.2 Å². The molecule has 0 fully saturated rings. The van der Waals surface area contributed by atoms with Gasteiger partial charge in [-0.25, -0.2) is 8.78 Å². The maximum Gasteiger partial charge on any atom is 0.138 e. The Kier molecular flexibility index (Phi) is 3.71. The zero-order valence-corrected chi connectivity index (χ0v) is 12.7. The topological polar surface area (TPSA) is 26.3 Å². The maximum absolute atomic E-state index is 13.0. The van der Waals surface area contributed by atoms with Gasteiger partial charge in [0.1, 0.15) is 30.3 Å². The van der Waals surface area contributed by atoms with E-state index in [0.29, 0.717) is 22.6 Å². The summed E-state index contributed by atoms with van der Waals surface area (Å²) in [5.74, 6) is 3.21. The van der Waals surface area contributed by atoms with Crippen molar-refractivity contribution in [2.24, 2.45) is 0 Å². The van der Waals surface area contributed by atoms with Gasteiger partial charge in [-0.1, -0.05) is 0 Å². The number of hydrogen-bond donors (Lipinski definition) is 0. The minimum absolute atomic E-state index is 0.353. The van der Waals surface area contributed by atoms with Crippen LogP contribution in [-0.4, -0.2) is 6.66 Å². The van der Waals surface area contributed by atoms with Crippen LogP contribution in [0.25, 0.3) is 11.5 Å². The Labute approximate surface area is 127 Å². The molecule has 2 aromatic carbocycles. The van der Waals surface area contributed by atoms with Gasteiger partial charge in [-0.3, -0.25) is 0 Å². The molecule has 1 aliphatic rings. The Morgan fingerprint density at radius 3 is 1.50 bits per heavy atom. The molecule has 0 unspecified atom stereocenters. The van der Waals surface area contributed by atoms with Crippen molar-refractivity contribution in [1.29, 1.82) is 0 Å². The molecule has 0 N–H and O–H groups in total. The zero-order valence-electron chi connectivity index (χ0n) is 11.8. The Bertz CT molecular complexity index is 740. The van der Waals surface area contributed by atoms with Crippen LogP contribution in [0.3, 0.4) is 0 Å². The average molecular weight is 318 g/mol. The highest BCUT2D eigenvalue weighted by Crippen LogP contribution is 2.53. The molecule has 3 rings (SSSR count). The Morgan fingerprint density at radius 2 is 1.14 bits per heavy atom.